The maximum atomic E-state index is 12.7. The number of carbonyl (C=O) groups is 2. The molecule has 1 aliphatic rings. The Morgan fingerprint density at radius 1 is 1.19 bits per heavy atom. The highest BCUT2D eigenvalue weighted by Gasteiger charge is 2.32. The van der Waals surface area contributed by atoms with Gasteiger partial charge in [-0.25, -0.2) is 4.79 Å². The van der Waals surface area contributed by atoms with Crippen LogP contribution in [0, 0.1) is 6.92 Å². The average molecular weight is 353 g/mol. The number of H-pyrrole nitrogens is 1. The summed E-state index contributed by atoms with van der Waals surface area (Å²) in [5.74, 6) is -0.157. The Bertz CT molecular complexity index is 838. The molecule has 1 heterocycles. The van der Waals surface area contributed by atoms with Gasteiger partial charge >= 0.3 is 5.97 Å². The van der Waals surface area contributed by atoms with E-state index in [2.05, 4.69) is 50.0 Å². The Labute approximate surface area is 155 Å². The first-order valence-corrected chi connectivity index (χ1v) is 9.24. The van der Waals surface area contributed by atoms with Gasteiger partial charge in [0.2, 0.25) is 0 Å². The summed E-state index contributed by atoms with van der Waals surface area (Å²) >= 11 is 0. The van der Waals surface area contributed by atoms with Gasteiger partial charge in [-0.15, -0.1) is 0 Å². The van der Waals surface area contributed by atoms with E-state index in [1.54, 1.807) is 6.92 Å². The maximum Gasteiger partial charge on any atom is 0.355 e. The smallest absolute Gasteiger partial charge is 0.355 e. The number of benzene rings is 1. The van der Waals surface area contributed by atoms with E-state index in [-0.39, 0.29) is 17.1 Å². The monoisotopic (exact) mass is 353 g/mol. The summed E-state index contributed by atoms with van der Waals surface area (Å²) in [6, 6.07) is 8.57. The van der Waals surface area contributed by atoms with E-state index in [1.807, 2.05) is 6.92 Å². The number of Topliss-reactive ketones (excluding diaryl/α,β-unsaturated/α-hetero) is 1. The number of aromatic nitrogens is 1. The molecule has 0 amide bonds. The number of ketones is 1. The van der Waals surface area contributed by atoms with Crippen LogP contribution in [0.4, 0.5) is 0 Å². The van der Waals surface area contributed by atoms with Gasteiger partial charge in [0.25, 0.3) is 0 Å². The highest BCUT2D eigenvalue weighted by Crippen LogP contribution is 2.36. The third kappa shape index (κ3) is 3.33. The zero-order chi connectivity index (χ0) is 19.1. The molecule has 3 rings (SSSR count). The van der Waals surface area contributed by atoms with Crippen molar-refractivity contribution in [2.45, 2.75) is 58.8 Å². The molecule has 0 radical (unpaired) electrons. The van der Waals surface area contributed by atoms with Crippen LogP contribution < -0.4 is 0 Å². The van der Waals surface area contributed by atoms with Crippen LogP contribution in [0.25, 0.3) is 0 Å². The van der Waals surface area contributed by atoms with Crippen LogP contribution in [0.1, 0.15) is 83.3 Å². The van der Waals surface area contributed by atoms with Gasteiger partial charge in [0.05, 0.1) is 6.61 Å². The number of hydrogen-bond donors (Lipinski definition) is 1. The van der Waals surface area contributed by atoms with Crippen molar-refractivity contribution in [3.63, 3.8) is 0 Å². The van der Waals surface area contributed by atoms with Crippen LogP contribution in [0.5, 0.6) is 0 Å². The fourth-order valence-corrected chi connectivity index (χ4v) is 3.73. The van der Waals surface area contributed by atoms with E-state index in [9.17, 15) is 9.59 Å². The molecule has 138 valence electrons. The zero-order valence-corrected chi connectivity index (χ0v) is 16.2. The normalized spacial score (nSPS) is 17.1. The molecule has 0 spiro atoms. The van der Waals surface area contributed by atoms with Gasteiger partial charge in [0.15, 0.2) is 5.78 Å². The number of carbonyl (C=O) groups excluding carboxylic acids is 2. The summed E-state index contributed by atoms with van der Waals surface area (Å²) in [6.07, 6.45) is 1.21. The van der Waals surface area contributed by atoms with Crippen molar-refractivity contribution in [3.05, 3.63) is 57.9 Å². The Hall–Kier alpha value is -2.36. The number of ether oxygens (including phenoxy) is 1. The lowest BCUT2D eigenvalue weighted by atomic mass is 9.80. The van der Waals surface area contributed by atoms with E-state index in [1.165, 1.54) is 11.1 Å². The lowest BCUT2D eigenvalue weighted by molar-refractivity contribution is 0.0519. The molecule has 4 nitrogen and oxygen atoms in total. The number of hydrogen-bond acceptors (Lipinski definition) is 3. The lowest BCUT2D eigenvalue weighted by Crippen LogP contribution is -2.19. The third-order valence-corrected chi connectivity index (χ3v) is 5.22. The number of fused-ring (bicyclic) bond motifs is 1. The molecule has 1 atom stereocenters. The van der Waals surface area contributed by atoms with Crippen molar-refractivity contribution in [1.29, 1.82) is 0 Å². The van der Waals surface area contributed by atoms with Gasteiger partial charge in [0.1, 0.15) is 5.69 Å². The molecule has 2 aromatic rings. The van der Waals surface area contributed by atoms with Gasteiger partial charge in [0, 0.05) is 17.7 Å². The quantitative estimate of drug-likeness (QED) is 0.813. The lowest BCUT2D eigenvalue weighted by Gasteiger charge is -2.24. The number of esters is 1. The molecule has 1 N–H and O–H groups in total. The van der Waals surface area contributed by atoms with E-state index >= 15 is 0 Å². The number of aromatic amines is 1. The molecule has 1 aromatic heterocycles. The summed E-state index contributed by atoms with van der Waals surface area (Å²) in [4.78, 5) is 28.0. The Balaban J connectivity index is 1.89. The van der Waals surface area contributed by atoms with Gasteiger partial charge in [-0.3, -0.25) is 4.79 Å². The van der Waals surface area contributed by atoms with Crippen molar-refractivity contribution in [3.8, 4) is 0 Å². The molecule has 0 fully saturated rings. The van der Waals surface area contributed by atoms with E-state index in [4.69, 9.17) is 4.74 Å². The van der Waals surface area contributed by atoms with Crippen molar-refractivity contribution in [1.82, 2.24) is 4.98 Å². The molecule has 0 saturated heterocycles. The highest BCUT2D eigenvalue weighted by atomic mass is 16.5. The first kappa shape index (κ1) is 18.4. The minimum absolute atomic E-state index is 0.0976. The minimum atomic E-state index is -0.390. The summed E-state index contributed by atoms with van der Waals surface area (Å²) < 4.78 is 5.10. The Kier molecular flexibility index (Phi) is 4.78. The fraction of sp³-hybridized carbons (Fsp3) is 0.455. The third-order valence-electron chi connectivity index (χ3n) is 5.22. The predicted octanol–water partition coefficient (Wildman–Crippen LogP) is 4.71. The van der Waals surface area contributed by atoms with Gasteiger partial charge < -0.3 is 9.72 Å². The SMILES string of the molecule is CCOC(=O)c1[nH]c2c(c1C)C(=O)C[C@@H](c1ccc(C(C)(C)C)cc1)C2. The summed E-state index contributed by atoms with van der Waals surface area (Å²) in [5, 5.41) is 0. The summed E-state index contributed by atoms with van der Waals surface area (Å²) in [5.41, 5.74) is 5.21. The molecule has 0 aliphatic heterocycles. The second-order valence-electron chi connectivity index (χ2n) is 8.10. The van der Waals surface area contributed by atoms with Crippen LogP contribution in [0.15, 0.2) is 24.3 Å². The van der Waals surface area contributed by atoms with Crippen molar-refractivity contribution < 1.29 is 14.3 Å². The van der Waals surface area contributed by atoms with E-state index in [0.717, 1.165) is 12.1 Å². The Morgan fingerprint density at radius 3 is 2.42 bits per heavy atom. The first-order chi connectivity index (χ1) is 12.2. The zero-order valence-electron chi connectivity index (χ0n) is 16.2. The molecular weight excluding hydrogens is 326 g/mol. The molecular formula is C22H27NO3. The minimum Gasteiger partial charge on any atom is -0.461 e. The standard InChI is InChI=1S/C22H27NO3/c1-6-26-21(25)20-13(2)19-17(23-20)11-15(12-18(19)24)14-7-9-16(10-8-14)22(3,4)5/h7-10,15,23H,6,11-12H2,1-5H3/t15-/m0/s1. The van der Waals surface area contributed by atoms with Crippen LogP contribution in [0.2, 0.25) is 0 Å². The fourth-order valence-electron chi connectivity index (χ4n) is 3.73. The van der Waals surface area contributed by atoms with Crippen LogP contribution >= 0.6 is 0 Å². The maximum absolute atomic E-state index is 12.7. The predicted molar refractivity (Wildman–Crippen MR) is 102 cm³/mol. The molecule has 1 aliphatic carbocycles. The van der Waals surface area contributed by atoms with Crippen molar-refractivity contribution >= 4 is 11.8 Å². The molecule has 0 saturated carbocycles. The number of nitrogens with one attached hydrogen (secondary N) is 1. The topological polar surface area (TPSA) is 59.2 Å². The molecule has 4 heteroatoms. The average Bonchev–Trinajstić information content (AvgIpc) is 2.92. The van der Waals surface area contributed by atoms with Gasteiger partial charge in [-0.05, 0) is 48.3 Å². The molecule has 26 heavy (non-hydrogen) atoms. The molecule has 0 unspecified atom stereocenters. The molecule has 0 bridgehead atoms. The van der Waals surface area contributed by atoms with Gasteiger partial charge in [-0.2, -0.15) is 0 Å². The summed E-state index contributed by atoms with van der Waals surface area (Å²) in [7, 11) is 0. The second kappa shape index (κ2) is 6.75. The van der Waals surface area contributed by atoms with Crippen molar-refractivity contribution in [2.24, 2.45) is 0 Å². The largest absolute Gasteiger partial charge is 0.461 e. The van der Waals surface area contributed by atoms with E-state index < -0.39 is 5.97 Å². The Morgan fingerprint density at radius 2 is 1.85 bits per heavy atom. The number of rotatable bonds is 3. The molecule has 1 aromatic carbocycles. The van der Waals surface area contributed by atoms with Crippen LogP contribution in [0.3, 0.4) is 0 Å². The highest BCUT2D eigenvalue weighted by molar-refractivity contribution is 6.03. The van der Waals surface area contributed by atoms with Gasteiger partial charge in [-0.1, -0.05) is 45.0 Å². The first-order valence-electron chi connectivity index (χ1n) is 9.24. The van der Waals surface area contributed by atoms with Crippen molar-refractivity contribution in [2.75, 3.05) is 6.61 Å². The summed E-state index contributed by atoms with van der Waals surface area (Å²) in [6.45, 7) is 10.5. The van der Waals surface area contributed by atoms with E-state index in [0.29, 0.717) is 29.8 Å². The van der Waals surface area contributed by atoms with Crippen LogP contribution in [-0.2, 0) is 16.6 Å². The van der Waals surface area contributed by atoms with Crippen LogP contribution in [-0.4, -0.2) is 23.3 Å². The second-order valence-corrected chi connectivity index (χ2v) is 8.10.